The smallest absolute Gasteiger partial charge is 0.0703 e. The van der Waals surface area contributed by atoms with Crippen molar-refractivity contribution in [3.05, 3.63) is 57.2 Å². The van der Waals surface area contributed by atoms with Crippen LogP contribution in [0.5, 0.6) is 0 Å². The van der Waals surface area contributed by atoms with Gasteiger partial charge in [-0.2, -0.15) is 0 Å². The van der Waals surface area contributed by atoms with Gasteiger partial charge in [0.05, 0.1) is 8.47 Å². The summed E-state index contributed by atoms with van der Waals surface area (Å²) in [7, 11) is 0. The maximum Gasteiger partial charge on any atom is 0.0703 e. The average Bonchev–Trinajstić information content (AvgIpc) is 3.78. The van der Waals surface area contributed by atoms with Gasteiger partial charge in [-0.1, -0.05) is 151 Å². The summed E-state index contributed by atoms with van der Waals surface area (Å²) in [5, 5.41) is 0. The van der Waals surface area contributed by atoms with Crippen LogP contribution in [0.4, 0.5) is 0 Å². The summed E-state index contributed by atoms with van der Waals surface area (Å²) in [6.45, 7) is 9.19. The molecule has 0 bridgehead atoms. The van der Waals surface area contributed by atoms with Crippen molar-refractivity contribution in [1.82, 2.24) is 0 Å². The van der Waals surface area contributed by atoms with Gasteiger partial charge in [-0.3, -0.25) is 0 Å². The molecule has 0 radical (unpaired) electrons. The highest BCUT2D eigenvalue weighted by Gasteiger charge is 2.29. The monoisotopic (exact) mass is 676 g/mol. The molecule has 0 amide bonds. The fraction of sp³-hybridized carbons (Fsp3) is 0.611. The molecule has 232 valence electrons. The van der Waals surface area contributed by atoms with Gasteiger partial charge in [0.15, 0.2) is 0 Å². The zero-order valence-corrected chi connectivity index (χ0v) is 31.4. The first-order chi connectivity index (χ1) is 20.6. The van der Waals surface area contributed by atoms with Crippen LogP contribution < -0.4 is 0 Å². The molecule has 0 N–H and O–H groups in total. The lowest BCUT2D eigenvalue weighted by atomic mass is 10.1. The van der Waals surface area contributed by atoms with E-state index in [1.807, 2.05) is 22.7 Å². The van der Waals surface area contributed by atoms with E-state index in [2.05, 4.69) is 99.0 Å². The first-order valence-corrected chi connectivity index (χ1v) is 21.5. The van der Waals surface area contributed by atoms with E-state index in [1.54, 1.807) is 28.1 Å². The molecule has 0 atom stereocenters. The predicted octanol–water partition coefficient (Wildman–Crippen LogP) is 15.8. The first-order valence-electron chi connectivity index (χ1n) is 16.6. The summed E-state index contributed by atoms with van der Waals surface area (Å²) in [5.74, 6) is 0. The van der Waals surface area contributed by atoms with E-state index in [4.69, 9.17) is 0 Å². The van der Waals surface area contributed by atoms with E-state index < -0.39 is 0 Å². The molecule has 4 heterocycles. The van der Waals surface area contributed by atoms with Gasteiger partial charge in [-0.05, 0) is 73.6 Å². The number of aryl methyl sites for hydroxylation is 1. The largest absolute Gasteiger partial charge is 0.140 e. The van der Waals surface area contributed by atoms with E-state index in [0.29, 0.717) is 0 Å². The Morgan fingerprint density at radius 1 is 0.452 bits per heavy atom. The van der Waals surface area contributed by atoms with Crippen LogP contribution in [-0.2, 0) is 0 Å². The van der Waals surface area contributed by atoms with Crippen LogP contribution in [0.2, 0.25) is 0 Å². The molecule has 0 saturated heterocycles. The second-order valence-electron chi connectivity index (χ2n) is 11.7. The summed E-state index contributed by atoms with van der Waals surface area (Å²) in [4.78, 5) is 12.1. The Balaban J connectivity index is 1.34. The lowest BCUT2D eigenvalue weighted by Crippen LogP contribution is -1.83. The van der Waals surface area contributed by atoms with Gasteiger partial charge in [0.2, 0.25) is 0 Å². The Labute approximate surface area is 282 Å². The summed E-state index contributed by atoms with van der Waals surface area (Å²) >= 11 is 12.2. The molecule has 0 nitrogen and oxygen atoms in total. The zero-order valence-electron chi connectivity index (χ0n) is 26.5. The van der Waals surface area contributed by atoms with Crippen molar-refractivity contribution in [3.63, 3.8) is 0 Å². The molecule has 6 heteroatoms. The minimum Gasteiger partial charge on any atom is -0.140 e. The SMILES string of the molecule is CCCCCCCCCCC1=C(C)SC(=C2SC(CCCCCCCCCC)=C(c3ccc(-c4ccc(C)s4)s3)S2)S1. The first kappa shape index (κ1) is 34.9. The summed E-state index contributed by atoms with van der Waals surface area (Å²) in [6, 6.07) is 9.30. The highest BCUT2D eigenvalue weighted by molar-refractivity contribution is 8.35. The van der Waals surface area contributed by atoms with E-state index in [1.165, 1.54) is 135 Å². The Hall–Kier alpha value is 0.0200. The highest BCUT2D eigenvalue weighted by Crippen LogP contribution is 2.63. The third-order valence-corrected chi connectivity index (χ3v) is 16.4. The average molecular weight is 677 g/mol. The van der Waals surface area contributed by atoms with Crippen molar-refractivity contribution in [2.24, 2.45) is 0 Å². The van der Waals surface area contributed by atoms with Crippen LogP contribution in [0.1, 0.15) is 146 Å². The van der Waals surface area contributed by atoms with Crippen LogP contribution >= 0.6 is 69.7 Å². The molecular weight excluding hydrogens is 625 g/mol. The summed E-state index contributed by atoms with van der Waals surface area (Å²) in [5.41, 5.74) is 0. The molecule has 0 spiro atoms. The number of allylic oxidation sites excluding steroid dienone is 3. The number of hydrogen-bond donors (Lipinski definition) is 0. The lowest BCUT2D eigenvalue weighted by molar-refractivity contribution is 0.577. The normalized spacial score (nSPS) is 17.4. The minimum absolute atomic E-state index is 1.23. The van der Waals surface area contributed by atoms with Gasteiger partial charge in [0.1, 0.15) is 0 Å². The molecule has 0 unspecified atom stereocenters. The summed E-state index contributed by atoms with van der Waals surface area (Å²) in [6.07, 6.45) is 24.8. The van der Waals surface area contributed by atoms with Gasteiger partial charge < -0.3 is 0 Å². The number of thiophene rings is 2. The van der Waals surface area contributed by atoms with E-state index in [9.17, 15) is 0 Å². The van der Waals surface area contributed by atoms with Gasteiger partial charge in [-0.25, -0.2) is 0 Å². The van der Waals surface area contributed by atoms with Gasteiger partial charge >= 0.3 is 0 Å². The molecular formula is C36H52S6. The standard InChI is InChI=1S/C36H52S6/c1-5-7-9-11-13-15-17-19-21-29-28(4)38-35(40-29)36-41-32(22-20-18-16-14-12-10-8-6-2)34(42-36)33-26-25-31(39-33)30-24-23-27(3)37-30/h23-26H,5-22H2,1-4H3. The Morgan fingerprint density at radius 3 is 1.52 bits per heavy atom. The van der Waals surface area contributed by atoms with E-state index in [-0.39, 0.29) is 0 Å². The van der Waals surface area contributed by atoms with Crippen molar-refractivity contribution in [2.45, 2.75) is 143 Å². The number of rotatable bonds is 20. The maximum atomic E-state index is 2.39. The molecule has 0 fully saturated rings. The van der Waals surface area contributed by atoms with Gasteiger partial charge in [0.25, 0.3) is 0 Å². The van der Waals surface area contributed by atoms with Crippen LogP contribution in [-0.4, -0.2) is 0 Å². The van der Waals surface area contributed by atoms with Crippen molar-refractivity contribution in [2.75, 3.05) is 0 Å². The highest BCUT2D eigenvalue weighted by atomic mass is 32.2. The zero-order chi connectivity index (χ0) is 29.6. The van der Waals surface area contributed by atoms with Crippen LogP contribution in [0, 0.1) is 6.92 Å². The number of unbranched alkanes of at least 4 members (excludes halogenated alkanes) is 14. The van der Waals surface area contributed by atoms with Gasteiger partial charge in [0, 0.05) is 29.3 Å². The molecule has 2 aromatic heterocycles. The fourth-order valence-corrected chi connectivity index (χ4v) is 13.5. The van der Waals surface area contributed by atoms with Crippen LogP contribution in [0.3, 0.4) is 0 Å². The Bertz CT molecular complexity index is 1190. The molecule has 2 aliphatic heterocycles. The van der Waals surface area contributed by atoms with Crippen LogP contribution in [0.25, 0.3) is 14.7 Å². The molecule has 0 aliphatic carbocycles. The van der Waals surface area contributed by atoms with Crippen molar-refractivity contribution < 1.29 is 0 Å². The molecule has 2 aromatic rings. The van der Waals surface area contributed by atoms with Crippen molar-refractivity contribution in [3.8, 4) is 9.75 Å². The number of thioether (sulfide) groups is 4. The van der Waals surface area contributed by atoms with Crippen molar-refractivity contribution >= 4 is 74.6 Å². The van der Waals surface area contributed by atoms with E-state index in [0.717, 1.165) is 0 Å². The quantitative estimate of drug-likeness (QED) is 0.128. The number of hydrogen-bond acceptors (Lipinski definition) is 6. The fourth-order valence-electron chi connectivity index (χ4n) is 5.47. The van der Waals surface area contributed by atoms with Crippen molar-refractivity contribution in [1.29, 1.82) is 0 Å². The third kappa shape index (κ3) is 11.1. The third-order valence-electron chi connectivity index (χ3n) is 8.01. The van der Waals surface area contributed by atoms with Crippen LogP contribution in [0.15, 0.2) is 47.5 Å². The predicted molar refractivity (Wildman–Crippen MR) is 204 cm³/mol. The second kappa shape index (κ2) is 19.5. The molecule has 42 heavy (non-hydrogen) atoms. The molecule has 2 aliphatic rings. The summed E-state index contributed by atoms with van der Waals surface area (Å²) < 4.78 is 3.09. The second-order valence-corrected chi connectivity index (χ2v) is 19.1. The minimum atomic E-state index is 1.23. The van der Waals surface area contributed by atoms with E-state index >= 15 is 0 Å². The Morgan fingerprint density at radius 2 is 0.929 bits per heavy atom. The topological polar surface area (TPSA) is 0 Å². The Kier molecular flexibility index (Phi) is 16.2. The molecule has 0 aromatic carbocycles. The maximum absolute atomic E-state index is 2.39. The lowest BCUT2D eigenvalue weighted by Gasteiger charge is -2.05. The molecule has 4 rings (SSSR count). The molecule has 0 saturated carbocycles. The van der Waals surface area contributed by atoms with Gasteiger partial charge in [-0.15, -0.1) is 22.7 Å².